The van der Waals surface area contributed by atoms with Gasteiger partial charge < -0.3 is 14.9 Å². The van der Waals surface area contributed by atoms with Crippen LogP contribution in [-0.4, -0.2) is 35.6 Å². The normalized spacial score (nSPS) is 13.8. The molecule has 164 valence electrons. The highest BCUT2D eigenvalue weighted by molar-refractivity contribution is 4.57. The van der Waals surface area contributed by atoms with Crippen molar-refractivity contribution in [1.29, 1.82) is 0 Å². The maximum atomic E-state index is 9.81. The Morgan fingerprint density at radius 1 is 0.630 bits per heavy atom. The largest absolute Gasteiger partial charge is 0.394 e. The van der Waals surface area contributed by atoms with E-state index in [0.29, 0.717) is 6.61 Å². The van der Waals surface area contributed by atoms with Crippen LogP contribution in [-0.2, 0) is 4.74 Å². The highest BCUT2D eigenvalue weighted by atomic mass is 16.5. The Bertz CT molecular complexity index is 270. The van der Waals surface area contributed by atoms with E-state index >= 15 is 0 Å². The summed E-state index contributed by atoms with van der Waals surface area (Å²) in [4.78, 5) is 0. The van der Waals surface area contributed by atoms with Crippen molar-refractivity contribution in [2.75, 3.05) is 13.2 Å². The lowest BCUT2D eigenvalue weighted by atomic mass is 10.0. The van der Waals surface area contributed by atoms with Crippen LogP contribution >= 0.6 is 0 Å². The molecule has 2 atom stereocenters. The molecule has 0 aliphatic heterocycles. The topological polar surface area (TPSA) is 49.7 Å². The molecule has 0 spiro atoms. The highest BCUT2D eigenvalue weighted by Crippen LogP contribution is 2.14. The van der Waals surface area contributed by atoms with Gasteiger partial charge in [0.05, 0.1) is 25.4 Å². The summed E-state index contributed by atoms with van der Waals surface area (Å²) in [5.41, 5.74) is 0. The second kappa shape index (κ2) is 22.2. The molecule has 0 heterocycles. The van der Waals surface area contributed by atoms with E-state index in [-0.39, 0.29) is 18.8 Å². The minimum absolute atomic E-state index is 0.0197. The van der Waals surface area contributed by atoms with Gasteiger partial charge in [-0.1, -0.05) is 116 Å². The second-order valence-corrected chi connectivity index (χ2v) is 8.43. The van der Waals surface area contributed by atoms with Gasteiger partial charge in [0.1, 0.15) is 0 Å². The first-order valence-corrected chi connectivity index (χ1v) is 12.1. The van der Waals surface area contributed by atoms with Crippen molar-refractivity contribution in [3.63, 3.8) is 0 Å². The van der Waals surface area contributed by atoms with Crippen LogP contribution in [0, 0.1) is 0 Å². The molecule has 2 unspecified atom stereocenters. The standard InChI is InChI=1S/C24H50O3/c1-3-4-5-6-7-8-9-10-11-12-13-14-15-16-17-18-19-20-24(26)22-27-23(2)21-25/h23-26H,3-22H2,1-2H3. The van der Waals surface area contributed by atoms with E-state index in [9.17, 15) is 5.11 Å². The fraction of sp³-hybridized carbons (Fsp3) is 1.00. The van der Waals surface area contributed by atoms with Crippen LogP contribution in [0.15, 0.2) is 0 Å². The quantitative estimate of drug-likeness (QED) is 0.201. The van der Waals surface area contributed by atoms with Crippen molar-refractivity contribution < 1.29 is 14.9 Å². The van der Waals surface area contributed by atoms with E-state index in [4.69, 9.17) is 9.84 Å². The van der Waals surface area contributed by atoms with E-state index in [0.717, 1.165) is 12.8 Å². The van der Waals surface area contributed by atoms with E-state index < -0.39 is 0 Å². The Morgan fingerprint density at radius 2 is 1.00 bits per heavy atom. The molecule has 0 radical (unpaired) electrons. The SMILES string of the molecule is CCCCCCCCCCCCCCCCCCCC(O)COC(C)CO. The van der Waals surface area contributed by atoms with Crippen molar-refractivity contribution in [3.8, 4) is 0 Å². The van der Waals surface area contributed by atoms with Gasteiger partial charge in [-0.3, -0.25) is 0 Å². The number of unbranched alkanes of at least 4 members (excludes halogenated alkanes) is 16. The smallest absolute Gasteiger partial charge is 0.0779 e. The summed E-state index contributed by atoms with van der Waals surface area (Å²) in [5.74, 6) is 0. The fourth-order valence-electron chi connectivity index (χ4n) is 3.52. The average molecular weight is 387 g/mol. The van der Waals surface area contributed by atoms with E-state index in [1.165, 1.54) is 103 Å². The molecule has 0 aliphatic rings. The Morgan fingerprint density at radius 3 is 1.37 bits per heavy atom. The molecule has 2 N–H and O–H groups in total. The van der Waals surface area contributed by atoms with Crippen molar-refractivity contribution in [3.05, 3.63) is 0 Å². The Balaban J connectivity index is 3.10. The molecule has 0 fully saturated rings. The second-order valence-electron chi connectivity index (χ2n) is 8.43. The Labute approximate surface area is 170 Å². The molecule has 0 aromatic heterocycles. The minimum atomic E-state index is -0.379. The van der Waals surface area contributed by atoms with Crippen molar-refractivity contribution in [1.82, 2.24) is 0 Å². The summed E-state index contributed by atoms with van der Waals surface area (Å²) >= 11 is 0. The predicted octanol–water partition coefficient (Wildman–Crippen LogP) is 6.79. The van der Waals surface area contributed by atoms with Crippen LogP contribution in [0.25, 0.3) is 0 Å². The van der Waals surface area contributed by atoms with Crippen LogP contribution in [0.3, 0.4) is 0 Å². The van der Waals surface area contributed by atoms with Gasteiger partial charge in [-0.05, 0) is 13.3 Å². The molecule has 0 aromatic carbocycles. The van der Waals surface area contributed by atoms with Crippen molar-refractivity contribution in [2.45, 2.75) is 142 Å². The number of aliphatic hydroxyl groups excluding tert-OH is 2. The van der Waals surface area contributed by atoms with E-state index in [2.05, 4.69) is 6.92 Å². The number of rotatable bonds is 22. The summed E-state index contributed by atoms with van der Waals surface area (Å²) in [6.45, 7) is 4.47. The lowest BCUT2D eigenvalue weighted by Gasteiger charge is -2.14. The van der Waals surface area contributed by atoms with Crippen LogP contribution in [0.5, 0.6) is 0 Å². The first-order valence-electron chi connectivity index (χ1n) is 12.1. The Hall–Kier alpha value is -0.120. The average Bonchev–Trinajstić information content (AvgIpc) is 2.68. The zero-order valence-corrected chi connectivity index (χ0v) is 18.6. The van der Waals surface area contributed by atoms with Crippen LogP contribution in [0.2, 0.25) is 0 Å². The fourth-order valence-corrected chi connectivity index (χ4v) is 3.52. The number of hydrogen-bond acceptors (Lipinski definition) is 3. The van der Waals surface area contributed by atoms with Gasteiger partial charge in [-0.25, -0.2) is 0 Å². The molecule has 0 aliphatic carbocycles. The van der Waals surface area contributed by atoms with Gasteiger partial charge in [-0.15, -0.1) is 0 Å². The molecule has 0 saturated heterocycles. The van der Waals surface area contributed by atoms with Gasteiger partial charge in [0, 0.05) is 0 Å². The molecule has 0 saturated carbocycles. The van der Waals surface area contributed by atoms with Gasteiger partial charge in [0.15, 0.2) is 0 Å². The lowest BCUT2D eigenvalue weighted by molar-refractivity contribution is -0.0259. The van der Waals surface area contributed by atoms with E-state index in [1.54, 1.807) is 0 Å². The summed E-state index contributed by atoms with van der Waals surface area (Å²) < 4.78 is 5.34. The summed E-state index contributed by atoms with van der Waals surface area (Å²) in [7, 11) is 0. The molecular formula is C24H50O3. The van der Waals surface area contributed by atoms with Gasteiger partial charge in [-0.2, -0.15) is 0 Å². The first kappa shape index (κ1) is 26.9. The van der Waals surface area contributed by atoms with Gasteiger partial charge >= 0.3 is 0 Å². The highest BCUT2D eigenvalue weighted by Gasteiger charge is 2.07. The monoisotopic (exact) mass is 386 g/mol. The molecule has 0 bridgehead atoms. The number of hydrogen-bond donors (Lipinski definition) is 2. The predicted molar refractivity (Wildman–Crippen MR) is 117 cm³/mol. The first-order chi connectivity index (χ1) is 13.2. The zero-order chi connectivity index (χ0) is 20.0. The maximum absolute atomic E-state index is 9.81. The van der Waals surface area contributed by atoms with Gasteiger partial charge in [0.2, 0.25) is 0 Å². The number of ether oxygens (including phenoxy) is 1. The summed E-state index contributed by atoms with van der Waals surface area (Å²) in [6.07, 6.45) is 23.7. The van der Waals surface area contributed by atoms with E-state index in [1.807, 2.05) is 6.92 Å². The van der Waals surface area contributed by atoms with Crippen LogP contribution < -0.4 is 0 Å². The van der Waals surface area contributed by atoms with Crippen molar-refractivity contribution >= 4 is 0 Å². The van der Waals surface area contributed by atoms with Crippen LogP contribution in [0.4, 0.5) is 0 Å². The third kappa shape index (κ3) is 22.0. The third-order valence-corrected chi connectivity index (χ3v) is 5.47. The molecule has 0 aromatic rings. The maximum Gasteiger partial charge on any atom is 0.0779 e. The minimum Gasteiger partial charge on any atom is -0.394 e. The molecule has 3 heteroatoms. The third-order valence-electron chi connectivity index (χ3n) is 5.47. The molecule has 0 rings (SSSR count). The molecule has 0 amide bonds. The van der Waals surface area contributed by atoms with Gasteiger partial charge in [0.25, 0.3) is 0 Å². The molecule has 27 heavy (non-hydrogen) atoms. The number of aliphatic hydroxyl groups is 2. The molecule has 3 nitrogen and oxygen atoms in total. The Kier molecular flexibility index (Phi) is 22.1. The summed E-state index contributed by atoms with van der Waals surface area (Å²) in [5, 5.41) is 18.7. The van der Waals surface area contributed by atoms with Crippen LogP contribution in [0.1, 0.15) is 129 Å². The molecular weight excluding hydrogens is 336 g/mol. The lowest BCUT2D eigenvalue weighted by Crippen LogP contribution is -2.21. The summed E-state index contributed by atoms with van der Waals surface area (Å²) in [6, 6.07) is 0. The zero-order valence-electron chi connectivity index (χ0n) is 18.6. The van der Waals surface area contributed by atoms with Crippen molar-refractivity contribution in [2.24, 2.45) is 0 Å².